The Hall–Kier alpha value is -2.11. The number of carbonyl (C=O) groups excluding carboxylic acids is 1. The van der Waals surface area contributed by atoms with Gasteiger partial charge in [0.1, 0.15) is 11.4 Å². The number of halogens is 1. The number of aryl methyl sites for hydroxylation is 1. The fourth-order valence-electron chi connectivity index (χ4n) is 2.47. The first kappa shape index (κ1) is 14.3. The second kappa shape index (κ2) is 5.48. The van der Waals surface area contributed by atoms with Crippen molar-refractivity contribution in [2.75, 3.05) is 5.32 Å². The zero-order valence-corrected chi connectivity index (χ0v) is 11.2. The molecule has 1 fully saturated rings. The third kappa shape index (κ3) is 2.89. The number of rotatable bonds is 3. The number of benzene rings is 1. The minimum Gasteiger partial charge on any atom is -0.480 e. The number of hydrogen-bond donors (Lipinski definition) is 3. The maximum absolute atomic E-state index is 13.1. The van der Waals surface area contributed by atoms with Crippen LogP contribution in [0.5, 0.6) is 0 Å². The van der Waals surface area contributed by atoms with Gasteiger partial charge >= 0.3 is 12.0 Å². The number of anilines is 1. The van der Waals surface area contributed by atoms with Gasteiger partial charge in [-0.25, -0.2) is 14.0 Å². The first-order valence-electron chi connectivity index (χ1n) is 6.52. The number of aliphatic carboxylic acids is 1. The quantitative estimate of drug-likeness (QED) is 0.796. The van der Waals surface area contributed by atoms with Crippen molar-refractivity contribution in [2.45, 2.75) is 38.1 Å². The second-order valence-corrected chi connectivity index (χ2v) is 5.13. The van der Waals surface area contributed by atoms with Gasteiger partial charge in [0.25, 0.3) is 0 Å². The Morgan fingerprint density at radius 1 is 1.30 bits per heavy atom. The summed E-state index contributed by atoms with van der Waals surface area (Å²) in [6.45, 7) is 1.73. The van der Waals surface area contributed by atoms with E-state index >= 15 is 0 Å². The van der Waals surface area contributed by atoms with Crippen LogP contribution >= 0.6 is 0 Å². The van der Waals surface area contributed by atoms with Crippen molar-refractivity contribution in [2.24, 2.45) is 0 Å². The van der Waals surface area contributed by atoms with Crippen molar-refractivity contribution in [3.8, 4) is 0 Å². The summed E-state index contributed by atoms with van der Waals surface area (Å²) in [7, 11) is 0. The molecule has 0 bridgehead atoms. The molecule has 0 atom stereocenters. The topological polar surface area (TPSA) is 78.4 Å². The third-order valence-electron chi connectivity index (χ3n) is 3.67. The largest absolute Gasteiger partial charge is 0.480 e. The molecule has 1 aromatic rings. The summed E-state index contributed by atoms with van der Waals surface area (Å²) in [6, 6.07) is 3.43. The summed E-state index contributed by atoms with van der Waals surface area (Å²) in [5, 5.41) is 14.3. The van der Waals surface area contributed by atoms with Crippen LogP contribution in [0.4, 0.5) is 14.9 Å². The molecule has 0 radical (unpaired) electrons. The molecule has 108 valence electrons. The van der Waals surface area contributed by atoms with Crippen LogP contribution in [0.2, 0.25) is 0 Å². The minimum absolute atomic E-state index is 0.334. The molecule has 0 aromatic heterocycles. The number of carboxylic acids is 1. The maximum Gasteiger partial charge on any atom is 0.329 e. The summed E-state index contributed by atoms with van der Waals surface area (Å²) < 4.78 is 13.1. The van der Waals surface area contributed by atoms with Crippen LogP contribution in [0, 0.1) is 12.7 Å². The van der Waals surface area contributed by atoms with Gasteiger partial charge in [-0.05, 0) is 37.5 Å². The standard InChI is InChI=1S/C14H17FN2O3/c1-9-4-5-10(15)8-11(9)16-13(20)17-14(12(18)19)6-2-3-7-14/h4-5,8H,2-3,6-7H2,1H3,(H,18,19)(H2,16,17,20). The summed E-state index contributed by atoms with van der Waals surface area (Å²) in [6.07, 6.45) is 2.37. The fourth-order valence-corrected chi connectivity index (χ4v) is 2.47. The van der Waals surface area contributed by atoms with Crippen molar-refractivity contribution < 1.29 is 19.1 Å². The molecule has 20 heavy (non-hydrogen) atoms. The summed E-state index contributed by atoms with van der Waals surface area (Å²) in [5.41, 5.74) is -0.163. The highest BCUT2D eigenvalue weighted by atomic mass is 19.1. The van der Waals surface area contributed by atoms with Crippen LogP contribution in [0.15, 0.2) is 18.2 Å². The Labute approximate surface area is 116 Å². The first-order valence-corrected chi connectivity index (χ1v) is 6.52. The molecule has 2 rings (SSSR count). The molecular formula is C14H17FN2O3. The predicted molar refractivity (Wildman–Crippen MR) is 72.1 cm³/mol. The zero-order valence-electron chi connectivity index (χ0n) is 11.2. The molecule has 3 N–H and O–H groups in total. The van der Waals surface area contributed by atoms with Crippen LogP contribution in [0.1, 0.15) is 31.2 Å². The van der Waals surface area contributed by atoms with Crippen LogP contribution in [0.25, 0.3) is 0 Å². The average molecular weight is 280 g/mol. The predicted octanol–water partition coefficient (Wildman–Crippen LogP) is 2.65. The van der Waals surface area contributed by atoms with Crippen molar-refractivity contribution >= 4 is 17.7 Å². The van der Waals surface area contributed by atoms with E-state index in [-0.39, 0.29) is 0 Å². The number of hydrogen-bond acceptors (Lipinski definition) is 2. The fraction of sp³-hybridized carbons (Fsp3) is 0.429. The lowest BCUT2D eigenvalue weighted by Gasteiger charge is -2.25. The van der Waals surface area contributed by atoms with E-state index in [0.29, 0.717) is 24.1 Å². The third-order valence-corrected chi connectivity index (χ3v) is 3.67. The molecule has 1 aliphatic rings. The van der Waals surface area contributed by atoms with Gasteiger partial charge in [0.05, 0.1) is 0 Å². The summed E-state index contributed by atoms with van der Waals surface area (Å²) >= 11 is 0. The van der Waals surface area contributed by atoms with Crippen LogP contribution in [-0.2, 0) is 4.79 Å². The maximum atomic E-state index is 13.1. The van der Waals surface area contributed by atoms with Gasteiger partial charge < -0.3 is 15.7 Å². The van der Waals surface area contributed by atoms with E-state index in [1.54, 1.807) is 13.0 Å². The van der Waals surface area contributed by atoms with Crippen LogP contribution in [-0.4, -0.2) is 22.6 Å². The SMILES string of the molecule is Cc1ccc(F)cc1NC(=O)NC1(C(=O)O)CCCC1. The van der Waals surface area contributed by atoms with E-state index in [1.165, 1.54) is 12.1 Å². The Bertz CT molecular complexity index is 539. The lowest BCUT2D eigenvalue weighted by atomic mass is 9.98. The molecule has 5 nitrogen and oxygen atoms in total. The van der Waals surface area contributed by atoms with Gasteiger partial charge in [-0.3, -0.25) is 0 Å². The normalized spacial score (nSPS) is 16.7. The highest BCUT2D eigenvalue weighted by molar-refractivity contribution is 5.94. The molecule has 1 saturated carbocycles. The van der Waals surface area contributed by atoms with E-state index in [1.807, 2.05) is 0 Å². The molecule has 6 heteroatoms. The zero-order chi connectivity index (χ0) is 14.8. The average Bonchev–Trinajstić information content (AvgIpc) is 2.83. The molecule has 0 unspecified atom stereocenters. The highest BCUT2D eigenvalue weighted by Crippen LogP contribution is 2.30. The Morgan fingerprint density at radius 3 is 2.55 bits per heavy atom. The van der Waals surface area contributed by atoms with E-state index in [0.717, 1.165) is 12.8 Å². The molecule has 1 aliphatic carbocycles. The van der Waals surface area contributed by atoms with Gasteiger partial charge in [0.2, 0.25) is 0 Å². The summed E-state index contributed by atoms with van der Waals surface area (Å²) in [4.78, 5) is 23.3. The van der Waals surface area contributed by atoms with Crippen molar-refractivity contribution in [3.63, 3.8) is 0 Å². The monoisotopic (exact) mass is 280 g/mol. The number of carbonyl (C=O) groups is 2. The number of urea groups is 1. The smallest absolute Gasteiger partial charge is 0.329 e. The first-order chi connectivity index (χ1) is 9.43. The number of nitrogens with one attached hydrogen (secondary N) is 2. The number of amides is 2. The Morgan fingerprint density at radius 2 is 1.95 bits per heavy atom. The lowest BCUT2D eigenvalue weighted by molar-refractivity contribution is -0.144. The minimum atomic E-state index is -1.20. The van der Waals surface area contributed by atoms with Crippen molar-refractivity contribution in [3.05, 3.63) is 29.6 Å². The van der Waals surface area contributed by atoms with E-state index in [4.69, 9.17) is 0 Å². The van der Waals surface area contributed by atoms with E-state index in [2.05, 4.69) is 10.6 Å². The molecule has 0 aliphatic heterocycles. The van der Waals surface area contributed by atoms with E-state index in [9.17, 15) is 19.1 Å². The van der Waals surface area contributed by atoms with Crippen LogP contribution < -0.4 is 10.6 Å². The number of carboxylic acid groups (broad SMARTS) is 1. The van der Waals surface area contributed by atoms with Gasteiger partial charge in [-0.2, -0.15) is 0 Å². The van der Waals surface area contributed by atoms with Gasteiger partial charge in [0.15, 0.2) is 0 Å². The van der Waals surface area contributed by atoms with Gasteiger partial charge in [0, 0.05) is 5.69 Å². The second-order valence-electron chi connectivity index (χ2n) is 5.13. The molecule has 0 spiro atoms. The molecule has 0 heterocycles. The van der Waals surface area contributed by atoms with Crippen molar-refractivity contribution in [1.82, 2.24) is 5.32 Å². The highest BCUT2D eigenvalue weighted by Gasteiger charge is 2.42. The van der Waals surface area contributed by atoms with Gasteiger partial charge in [-0.1, -0.05) is 18.9 Å². The van der Waals surface area contributed by atoms with Gasteiger partial charge in [-0.15, -0.1) is 0 Å². The molecular weight excluding hydrogens is 263 g/mol. The molecule has 1 aromatic carbocycles. The molecule has 2 amide bonds. The van der Waals surface area contributed by atoms with Crippen LogP contribution in [0.3, 0.4) is 0 Å². The van der Waals surface area contributed by atoms with Crippen molar-refractivity contribution in [1.29, 1.82) is 0 Å². The van der Waals surface area contributed by atoms with E-state index < -0.39 is 23.4 Å². The Kier molecular flexibility index (Phi) is 3.92. The Balaban J connectivity index is 2.08. The molecule has 0 saturated heterocycles. The summed E-state index contributed by atoms with van der Waals surface area (Å²) in [5.74, 6) is -1.49. The lowest BCUT2D eigenvalue weighted by Crippen LogP contribution is -2.53.